The van der Waals surface area contributed by atoms with Gasteiger partial charge < -0.3 is 5.32 Å². The predicted molar refractivity (Wildman–Crippen MR) is 144 cm³/mol. The van der Waals surface area contributed by atoms with E-state index >= 15 is 0 Å². The highest BCUT2D eigenvalue weighted by molar-refractivity contribution is 7.20. The first-order valence-corrected chi connectivity index (χ1v) is 12.5. The molecule has 2 aromatic heterocycles. The Morgan fingerprint density at radius 1 is 0.861 bits per heavy atom. The van der Waals surface area contributed by atoms with Gasteiger partial charge in [-0.05, 0) is 22.8 Å². The number of nitrogens with one attached hydrogen (secondary N) is 1. The quantitative estimate of drug-likeness (QED) is 0.364. The van der Waals surface area contributed by atoms with Crippen LogP contribution in [0.25, 0.3) is 10.2 Å². The number of benzene rings is 3. The predicted octanol–water partition coefficient (Wildman–Crippen LogP) is 4.37. The molecule has 0 aliphatic rings. The number of aromatic nitrogens is 2. The van der Waals surface area contributed by atoms with E-state index in [2.05, 4.69) is 5.32 Å². The van der Waals surface area contributed by atoms with Gasteiger partial charge >= 0.3 is 5.69 Å². The lowest BCUT2D eigenvalue weighted by Gasteiger charge is -2.18. The van der Waals surface area contributed by atoms with E-state index in [4.69, 9.17) is 0 Å². The third-order valence-corrected chi connectivity index (χ3v) is 7.50. The largest absolute Gasteiger partial charge is 0.350 e. The number of aryl methyl sites for hydroxylation is 1. The van der Waals surface area contributed by atoms with Gasteiger partial charge in [-0.15, -0.1) is 11.3 Å². The van der Waals surface area contributed by atoms with Crippen molar-refractivity contribution in [1.29, 1.82) is 0 Å². The molecule has 0 aliphatic heterocycles. The van der Waals surface area contributed by atoms with Crippen LogP contribution < -0.4 is 16.6 Å². The normalized spacial score (nSPS) is 11.2. The molecular weight excluding hydrogens is 470 g/mol. The Labute approximate surface area is 212 Å². The highest BCUT2D eigenvalue weighted by Crippen LogP contribution is 2.25. The first-order chi connectivity index (χ1) is 17.5. The molecule has 5 rings (SSSR count). The maximum atomic E-state index is 13.2. The Kier molecular flexibility index (Phi) is 6.64. The van der Waals surface area contributed by atoms with Crippen LogP contribution in [0.4, 0.5) is 0 Å². The summed E-state index contributed by atoms with van der Waals surface area (Å²) in [5.41, 5.74) is 2.27. The SMILES string of the molecule is Cn1c(=O)n(Cc2ccccc2)c(=O)c2cc(C(=O)NCC(c3ccccc3)c3ccccc3)sc21. The average molecular weight is 496 g/mol. The lowest BCUT2D eigenvalue weighted by atomic mass is 9.91. The number of nitrogens with zero attached hydrogens (tertiary/aromatic N) is 2. The molecule has 0 saturated heterocycles. The molecule has 0 spiro atoms. The molecule has 6 nitrogen and oxygen atoms in total. The second kappa shape index (κ2) is 10.2. The number of fused-ring (bicyclic) bond motifs is 1. The maximum Gasteiger partial charge on any atom is 0.332 e. The van der Waals surface area contributed by atoms with Crippen molar-refractivity contribution in [2.75, 3.05) is 6.54 Å². The first-order valence-electron chi connectivity index (χ1n) is 11.7. The van der Waals surface area contributed by atoms with E-state index in [-0.39, 0.29) is 18.4 Å². The third kappa shape index (κ3) is 4.65. The fourth-order valence-corrected chi connectivity index (χ4v) is 5.40. The van der Waals surface area contributed by atoms with Crippen molar-refractivity contribution in [2.45, 2.75) is 12.5 Å². The molecule has 0 fully saturated rings. The highest BCUT2D eigenvalue weighted by Gasteiger charge is 2.20. The summed E-state index contributed by atoms with van der Waals surface area (Å²) in [7, 11) is 1.63. The lowest BCUT2D eigenvalue weighted by Crippen LogP contribution is -2.38. The number of carbonyl (C=O) groups is 1. The second-order valence-electron chi connectivity index (χ2n) is 8.63. The molecule has 1 amide bonds. The van der Waals surface area contributed by atoms with Gasteiger partial charge in [0, 0.05) is 19.5 Å². The van der Waals surface area contributed by atoms with Gasteiger partial charge in [-0.1, -0.05) is 91.0 Å². The number of hydrogen-bond donors (Lipinski definition) is 1. The van der Waals surface area contributed by atoms with Crippen molar-refractivity contribution >= 4 is 27.5 Å². The van der Waals surface area contributed by atoms with Crippen LogP contribution in [0.15, 0.2) is 107 Å². The number of carbonyl (C=O) groups excluding carboxylic acids is 1. The van der Waals surface area contributed by atoms with E-state index in [1.807, 2.05) is 91.0 Å². The van der Waals surface area contributed by atoms with Crippen LogP contribution in [-0.2, 0) is 13.6 Å². The highest BCUT2D eigenvalue weighted by atomic mass is 32.1. The second-order valence-corrected chi connectivity index (χ2v) is 9.66. The van der Waals surface area contributed by atoms with Crippen molar-refractivity contribution < 1.29 is 4.79 Å². The molecule has 0 aliphatic carbocycles. The topological polar surface area (TPSA) is 73.1 Å². The minimum atomic E-state index is -0.404. The van der Waals surface area contributed by atoms with E-state index < -0.39 is 11.2 Å². The van der Waals surface area contributed by atoms with Gasteiger partial charge in [-0.25, -0.2) is 4.79 Å². The maximum absolute atomic E-state index is 13.2. The van der Waals surface area contributed by atoms with Crippen molar-refractivity contribution in [1.82, 2.24) is 14.5 Å². The van der Waals surface area contributed by atoms with E-state index in [1.54, 1.807) is 13.1 Å². The summed E-state index contributed by atoms with van der Waals surface area (Å²) in [6.07, 6.45) is 0. The molecule has 7 heteroatoms. The van der Waals surface area contributed by atoms with Crippen LogP contribution in [0.5, 0.6) is 0 Å². The number of hydrogen-bond acceptors (Lipinski definition) is 4. The van der Waals surface area contributed by atoms with Gasteiger partial charge in [0.05, 0.1) is 16.8 Å². The molecule has 0 saturated carbocycles. The van der Waals surface area contributed by atoms with Gasteiger partial charge in [0.1, 0.15) is 4.83 Å². The Bertz CT molecular complexity index is 1580. The summed E-state index contributed by atoms with van der Waals surface area (Å²) in [6, 6.07) is 31.0. The Morgan fingerprint density at radius 2 is 1.42 bits per heavy atom. The van der Waals surface area contributed by atoms with E-state index in [0.29, 0.717) is 21.6 Å². The smallest absolute Gasteiger partial charge is 0.332 e. The fraction of sp³-hybridized carbons (Fsp3) is 0.138. The zero-order valence-electron chi connectivity index (χ0n) is 19.8. The van der Waals surface area contributed by atoms with Crippen LogP contribution in [0.2, 0.25) is 0 Å². The van der Waals surface area contributed by atoms with Crippen LogP contribution in [0.1, 0.15) is 32.3 Å². The van der Waals surface area contributed by atoms with Gasteiger partial charge in [0.15, 0.2) is 0 Å². The number of rotatable bonds is 7. The summed E-state index contributed by atoms with van der Waals surface area (Å²) in [5.74, 6) is -0.285. The monoisotopic (exact) mass is 495 g/mol. The summed E-state index contributed by atoms with van der Waals surface area (Å²) < 4.78 is 2.66. The lowest BCUT2D eigenvalue weighted by molar-refractivity contribution is 0.0956. The van der Waals surface area contributed by atoms with Crippen LogP contribution in [0.3, 0.4) is 0 Å². The van der Waals surface area contributed by atoms with Crippen LogP contribution in [0, 0.1) is 0 Å². The molecular formula is C29H25N3O3S. The molecule has 0 unspecified atom stereocenters. The molecule has 5 aromatic rings. The molecule has 180 valence electrons. The minimum Gasteiger partial charge on any atom is -0.350 e. The summed E-state index contributed by atoms with van der Waals surface area (Å²) >= 11 is 1.16. The summed E-state index contributed by atoms with van der Waals surface area (Å²) in [5, 5.41) is 3.41. The fourth-order valence-electron chi connectivity index (χ4n) is 4.38. The van der Waals surface area contributed by atoms with Gasteiger partial charge in [0.2, 0.25) is 0 Å². The van der Waals surface area contributed by atoms with Crippen molar-refractivity contribution in [3.8, 4) is 0 Å². The zero-order chi connectivity index (χ0) is 25.1. The Hall–Kier alpha value is -4.23. The van der Waals surface area contributed by atoms with Gasteiger partial charge in [-0.2, -0.15) is 0 Å². The van der Waals surface area contributed by atoms with Crippen LogP contribution in [-0.4, -0.2) is 21.6 Å². The van der Waals surface area contributed by atoms with Crippen molar-refractivity contribution in [3.05, 3.63) is 139 Å². The summed E-state index contributed by atoms with van der Waals surface area (Å²) in [4.78, 5) is 40.2. The summed E-state index contributed by atoms with van der Waals surface area (Å²) in [6.45, 7) is 0.577. The molecule has 0 bridgehead atoms. The first kappa shape index (κ1) is 23.5. The standard InChI is InChI=1S/C29H25N3O3S/c1-31-28-23(27(34)32(29(31)35)19-20-11-5-2-6-12-20)17-25(36-28)26(33)30-18-24(21-13-7-3-8-14-21)22-15-9-4-10-16-22/h2-17,24H,18-19H2,1H3,(H,30,33). The van der Waals surface area contributed by atoms with Crippen molar-refractivity contribution in [2.24, 2.45) is 7.05 Å². The average Bonchev–Trinajstić information content (AvgIpc) is 3.38. The zero-order valence-corrected chi connectivity index (χ0v) is 20.6. The van der Waals surface area contributed by atoms with Gasteiger partial charge in [0.25, 0.3) is 11.5 Å². The van der Waals surface area contributed by atoms with E-state index in [9.17, 15) is 14.4 Å². The molecule has 0 radical (unpaired) electrons. The third-order valence-electron chi connectivity index (χ3n) is 6.29. The van der Waals surface area contributed by atoms with E-state index in [1.165, 1.54) is 9.13 Å². The Morgan fingerprint density at radius 3 is 2.00 bits per heavy atom. The molecule has 1 N–H and O–H groups in total. The minimum absolute atomic E-state index is 0.0156. The Balaban J connectivity index is 1.44. The molecule has 3 aromatic carbocycles. The number of thiophene rings is 1. The molecule has 36 heavy (non-hydrogen) atoms. The molecule has 2 heterocycles. The molecule has 0 atom stereocenters. The number of amides is 1. The van der Waals surface area contributed by atoms with E-state index in [0.717, 1.165) is 28.0 Å². The van der Waals surface area contributed by atoms with Gasteiger partial charge in [-0.3, -0.25) is 18.7 Å². The van der Waals surface area contributed by atoms with Crippen LogP contribution >= 0.6 is 11.3 Å². The van der Waals surface area contributed by atoms with Crippen molar-refractivity contribution in [3.63, 3.8) is 0 Å².